The van der Waals surface area contributed by atoms with Crippen LogP contribution >= 0.6 is 15.9 Å². The third kappa shape index (κ3) is 2.59. The summed E-state index contributed by atoms with van der Waals surface area (Å²) in [5, 5.41) is 0. The fourth-order valence-corrected chi connectivity index (χ4v) is 3.19. The summed E-state index contributed by atoms with van der Waals surface area (Å²) in [4.78, 5) is 10.3. The van der Waals surface area contributed by atoms with E-state index >= 15 is 0 Å². The molecular formula is C20H15BrN2O. The van der Waals surface area contributed by atoms with Crippen molar-refractivity contribution in [2.24, 2.45) is 0 Å². The van der Waals surface area contributed by atoms with Crippen LogP contribution in [0.4, 0.5) is 0 Å². The number of aromatic nitrogens is 2. The number of benzene rings is 3. The van der Waals surface area contributed by atoms with E-state index in [9.17, 15) is 0 Å². The molecule has 4 rings (SSSR count). The van der Waals surface area contributed by atoms with Gasteiger partial charge in [-0.2, -0.15) is 4.73 Å². The van der Waals surface area contributed by atoms with Gasteiger partial charge < -0.3 is 4.84 Å². The molecule has 0 unspecified atom stereocenters. The van der Waals surface area contributed by atoms with Gasteiger partial charge in [-0.15, -0.1) is 0 Å². The van der Waals surface area contributed by atoms with Gasteiger partial charge in [-0.25, -0.2) is 4.98 Å². The molecule has 0 aliphatic carbocycles. The maximum absolute atomic E-state index is 5.56. The molecule has 4 heteroatoms. The van der Waals surface area contributed by atoms with Gasteiger partial charge in [-0.3, -0.25) is 0 Å². The Kier molecular flexibility index (Phi) is 3.82. The number of hydrogen-bond acceptors (Lipinski definition) is 2. The highest BCUT2D eigenvalue weighted by Crippen LogP contribution is 2.28. The zero-order valence-corrected chi connectivity index (χ0v) is 14.7. The molecule has 4 aromatic rings. The Morgan fingerprint density at radius 1 is 0.833 bits per heavy atom. The van der Waals surface area contributed by atoms with Crippen LogP contribution in [0.15, 0.2) is 77.3 Å². The van der Waals surface area contributed by atoms with E-state index in [2.05, 4.69) is 52.3 Å². The zero-order valence-electron chi connectivity index (χ0n) is 13.1. The maximum Gasteiger partial charge on any atom is 0.176 e. The molecule has 0 saturated heterocycles. The minimum absolute atomic E-state index is 0.796. The number of halogens is 1. The Bertz CT molecular complexity index is 992. The van der Waals surface area contributed by atoms with E-state index < -0.39 is 0 Å². The predicted octanol–water partition coefficient (Wildman–Crippen LogP) is 5.19. The number of imidazole rings is 1. The van der Waals surface area contributed by atoms with Gasteiger partial charge in [0.2, 0.25) is 0 Å². The second-order valence-corrected chi connectivity index (χ2v) is 6.40. The van der Waals surface area contributed by atoms with Crippen molar-refractivity contribution in [2.45, 2.75) is 0 Å². The van der Waals surface area contributed by atoms with Crippen molar-refractivity contribution in [1.29, 1.82) is 0 Å². The van der Waals surface area contributed by atoms with Crippen LogP contribution in [0.1, 0.15) is 0 Å². The summed E-state index contributed by atoms with van der Waals surface area (Å²) >= 11 is 3.50. The average molecular weight is 379 g/mol. The van der Waals surface area contributed by atoms with E-state index in [-0.39, 0.29) is 0 Å². The fraction of sp³-hybridized carbons (Fsp3) is 0.0500. The first-order valence-corrected chi connectivity index (χ1v) is 8.44. The highest BCUT2D eigenvalue weighted by atomic mass is 79.9. The Labute approximate surface area is 148 Å². The van der Waals surface area contributed by atoms with E-state index in [0.717, 1.165) is 26.9 Å². The van der Waals surface area contributed by atoms with E-state index in [1.54, 1.807) is 11.8 Å². The minimum atomic E-state index is 0.796. The van der Waals surface area contributed by atoms with Crippen molar-refractivity contribution < 1.29 is 4.84 Å². The van der Waals surface area contributed by atoms with Gasteiger partial charge in [0.1, 0.15) is 12.6 Å². The van der Waals surface area contributed by atoms with Crippen LogP contribution in [0.5, 0.6) is 0 Å². The highest BCUT2D eigenvalue weighted by Gasteiger charge is 2.13. The lowest BCUT2D eigenvalue weighted by Crippen LogP contribution is -2.07. The van der Waals surface area contributed by atoms with Crippen LogP contribution in [0, 0.1) is 0 Å². The molecule has 0 aliphatic heterocycles. The second kappa shape index (κ2) is 6.13. The average Bonchev–Trinajstić information content (AvgIpc) is 3.00. The van der Waals surface area contributed by atoms with Crippen LogP contribution < -0.4 is 4.84 Å². The van der Waals surface area contributed by atoms with Gasteiger partial charge in [0.15, 0.2) is 5.82 Å². The number of rotatable bonds is 3. The molecule has 3 aromatic carbocycles. The highest BCUT2D eigenvalue weighted by molar-refractivity contribution is 9.10. The Morgan fingerprint density at radius 3 is 2.21 bits per heavy atom. The molecule has 0 spiro atoms. The summed E-state index contributed by atoms with van der Waals surface area (Å²) in [6, 6.07) is 24.7. The number of nitrogens with zero attached hydrogens (tertiary/aromatic N) is 2. The number of hydrogen-bond donors (Lipinski definition) is 0. The van der Waals surface area contributed by atoms with Crippen molar-refractivity contribution in [3.05, 3.63) is 77.3 Å². The Hall–Kier alpha value is -2.59. The molecule has 0 radical (unpaired) electrons. The molecular weight excluding hydrogens is 364 g/mol. The molecule has 0 atom stereocenters. The first kappa shape index (κ1) is 15.0. The first-order chi connectivity index (χ1) is 11.8. The van der Waals surface area contributed by atoms with Crippen LogP contribution in [0.25, 0.3) is 33.5 Å². The van der Waals surface area contributed by atoms with Gasteiger partial charge in [0.25, 0.3) is 0 Å². The third-order valence-corrected chi connectivity index (χ3v) is 4.50. The van der Waals surface area contributed by atoms with Crippen molar-refractivity contribution in [3.63, 3.8) is 0 Å². The summed E-state index contributed by atoms with van der Waals surface area (Å²) in [5.41, 5.74) is 5.25. The SMILES string of the molecule is COn1c(-c2ccc(-c3ccccc3)cc2)nc2ccc(Br)cc21. The largest absolute Gasteiger partial charge is 0.415 e. The normalized spacial score (nSPS) is 10.9. The van der Waals surface area contributed by atoms with E-state index in [1.807, 2.05) is 36.4 Å². The van der Waals surface area contributed by atoms with E-state index in [4.69, 9.17) is 9.82 Å². The third-order valence-electron chi connectivity index (χ3n) is 4.01. The van der Waals surface area contributed by atoms with Crippen molar-refractivity contribution in [1.82, 2.24) is 9.71 Å². The lowest BCUT2D eigenvalue weighted by molar-refractivity contribution is 0.182. The van der Waals surface area contributed by atoms with Gasteiger partial charge in [-0.1, -0.05) is 70.5 Å². The van der Waals surface area contributed by atoms with Gasteiger partial charge in [-0.05, 0) is 29.3 Å². The molecule has 0 N–H and O–H groups in total. The zero-order chi connectivity index (χ0) is 16.5. The van der Waals surface area contributed by atoms with Crippen molar-refractivity contribution in [2.75, 3.05) is 7.11 Å². The molecule has 24 heavy (non-hydrogen) atoms. The van der Waals surface area contributed by atoms with Crippen LogP contribution in [-0.4, -0.2) is 16.8 Å². The topological polar surface area (TPSA) is 27.1 Å². The standard InChI is InChI=1S/C20H15BrN2O/c1-24-23-19-13-17(21)11-12-18(19)22-20(23)16-9-7-15(8-10-16)14-5-3-2-4-6-14/h2-13H,1H3. The lowest BCUT2D eigenvalue weighted by Gasteiger charge is -2.08. The van der Waals surface area contributed by atoms with Crippen LogP contribution in [-0.2, 0) is 0 Å². The molecule has 3 nitrogen and oxygen atoms in total. The monoisotopic (exact) mass is 378 g/mol. The van der Waals surface area contributed by atoms with Gasteiger partial charge >= 0.3 is 0 Å². The lowest BCUT2D eigenvalue weighted by atomic mass is 10.0. The maximum atomic E-state index is 5.56. The number of fused-ring (bicyclic) bond motifs is 1. The van der Waals surface area contributed by atoms with Crippen LogP contribution in [0.2, 0.25) is 0 Å². The first-order valence-electron chi connectivity index (χ1n) is 7.64. The van der Waals surface area contributed by atoms with E-state index in [0.29, 0.717) is 0 Å². The molecule has 0 aliphatic rings. The summed E-state index contributed by atoms with van der Waals surface area (Å²) in [5.74, 6) is 0.796. The molecule has 118 valence electrons. The minimum Gasteiger partial charge on any atom is -0.415 e. The summed E-state index contributed by atoms with van der Waals surface area (Å²) in [6.07, 6.45) is 0. The molecule has 0 bridgehead atoms. The van der Waals surface area contributed by atoms with Gasteiger partial charge in [0, 0.05) is 10.0 Å². The molecule has 1 aromatic heterocycles. The summed E-state index contributed by atoms with van der Waals surface area (Å²) in [6.45, 7) is 0. The predicted molar refractivity (Wildman–Crippen MR) is 101 cm³/mol. The molecule has 1 heterocycles. The summed E-state index contributed by atoms with van der Waals surface area (Å²) in [7, 11) is 1.66. The fourth-order valence-electron chi connectivity index (χ4n) is 2.84. The van der Waals surface area contributed by atoms with E-state index in [1.165, 1.54) is 11.1 Å². The summed E-state index contributed by atoms with van der Waals surface area (Å²) < 4.78 is 2.76. The quantitative estimate of drug-likeness (QED) is 0.490. The van der Waals surface area contributed by atoms with Crippen molar-refractivity contribution >= 4 is 27.0 Å². The van der Waals surface area contributed by atoms with Crippen LogP contribution in [0.3, 0.4) is 0 Å². The van der Waals surface area contributed by atoms with Gasteiger partial charge in [0.05, 0.1) is 5.52 Å². The second-order valence-electron chi connectivity index (χ2n) is 5.49. The Balaban J connectivity index is 1.80. The molecule has 0 saturated carbocycles. The molecule has 0 amide bonds. The Morgan fingerprint density at radius 2 is 1.50 bits per heavy atom. The molecule has 0 fully saturated rings. The smallest absolute Gasteiger partial charge is 0.176 e. The van der Waals surface area contributed by atoms with Crippen molar-refractivity contribution in [3.8, 4) is 22.5 Å².